The smallest absolute Gasteiger partial charge is 0.248 e. The minimum absolute atomic E-state index is 0.125. The highest BCUT2D eigenvalue weighted by Crippen LogP contribution is 2.15. The van der Waals surface area contributed by atoms with Gasteiger partial charge in [-0.2, -0.15) is 0 Å². The van der Waals surface area contributed by atoms with Crippen LogP contribution in [0.25, 0.3) is 6.08 Å². The third-order valence-corrected chi connectivity index (χ3v) is 2.34. The van der Waals surface area contributed by atoms with E-state index in [1.54, 1.807) is 24.3 Å². The van der Waals surface area contributed by atoms with E-state index in [4.69, 9.17) is 0 Å². The summed E-state index contributed by atoms with van der Waals surface area (Å²) in [5.41, 5.74) is 1.53. The summed E-state index contributed by atoms with van der Waals surface area (Å²) in [6.07, 6.45) is 3.19. The van der Waals surface area contributed by atoms with Crippen LogP contribution in [-0.4, -0.2) is 11.0 Å². The van der Waals surface area contributed by atoms with Crippen LogP contribution in [0.15, 0.2) is 60.7 Å². The van der Waals surface area contributed by atoms with Crippen molar-refractivity contribution in [1.82, 2.24) is 0 Å². The Morgan fingerprint density at radius 1 is 1.06 bits per heavy atom. The Morgan fingerprint density at radius 3 is 2.56 bits per heavy atom. The molecule has 2 aromatic carbocycles. The van der Waals surface area contributed by atoms with E-state index < -0.39 is 0 Å². The SMILES string of the molecule is O=C(/C=C\c1ccccc1)Nc1cccc(O)c1. The number of amides is 1. The Bertz CT molecular complexity index is 562. The summed E-state index contributed by atoms with van der Waals surface area (Å²) in [6, 6.07) is 16.0. The van der Waals surface area contributed by atoms with Crippen LogP contribution in [0.5, 0.6) is 5.75 Å². The van der Waals surface area contributed by atoms with Crippen LogP contribution in [0.2, 0.25) is 0 Å². The zero-order valence-electron chi connectivity index (χ0n) is 9.71. The lowest BCUT2D eigenvalue weighted by Crippen LogP contribution is -2.07. The van der Waals surface area contributed by atoms with Crippen LogP contribution in [0.1, 0.15) is 5.56 Å². The van der Waals surface area contributed by atoms with Gasteiger partial charge in [-0.25, -0.2) is 0 Å². The van der Waals surface area contributed by atoms with Crippen molar-refractivity contribution in [1.29, 1.82) is 0 Å². The van der Waals surface area contributed by atoms with E-state index in [1.165, 1.54) is 12.1 Å². The molecule has 2 N–H and O–H groups in total. The van der Waals surface area contributed by atoms with E-state index in [0.29, 0.717) is 5.69 Å². The molecular weight excluding hydrogens is 226 g/mol. The molecule has 1 amide bonds. The zero-order valence-corrected chi connectivity index (χ0v) is 9.71. The van der Waals surface area contributed by atoms with E-state index in [2.05, 4.69) is 5.32 Å². The fourth-order valence-corrected chi connectivity index (χ4v) is 1.50. The highest BCUT2D eigenvalue weighted by Gasteiger charge is 1.98. The number of hydrogen-bond donors (Lipinski definition) is 2. The standard InChI is InChI=1S/C15H13NO2/c17-14-8-4-7-13(11-14)16-15(18)10-9-12-5-2-1-3-6-12/h1-11,17H,(H,16,18)/b10-9-. The lowest BCUT2D eigenvalue weighted by molar-refractivity contribution is -0.111. The van der Waals surface area contributed by atoms with Gasteiger partial charge in [-0.05, 0) is 23.8 Å². The predicted octanol–water partition coefficient (Wildman–Crippen LogP) is 3.04. The second-order valence-electron chi connectivity index (χ2n) is 3.78. The van der Waals surface area contributed by atoms with Crippen molar-refractivity contribution < 1.29 is 9.90 Å². The highest BCUT2D eigenvalue weighted by molar-refractivity contribution is 6.01. The highest BCUT2D eigenvalue weighted by atomic mass is 16.3. The molecule has 3 heteroatoms. The van der Waals surface area contributed by atoms with Gasteiger partial charge in [0.25, 0.3) is 0 Å². The molecule has 0 aromatic heterocycles. The Hall–Kier alpha value is -2.55. The van der Waals surface area contributed by atoms with Crippen LogP contribution < -0.4 is 5.32 Å². The molecule has 90 valence electrons. The molecular formula is C15H13NO2. The van der Waals surface area contributed by atoms with E-state index in [-0.39, 0.29) is 11.7 Å². The monoisotopic (exact) mass is 239 g/mol. The topological polar surface area (TPSA) is 49.3 Å². The van der Waals surface area contributed by atoms with Crippen LogP contribution >= 0.6 is 0 Å². The average molecular weight is 239 g/mol. The molecule has 2 rings (SSSR count). The van der Waals surface area contributed by atoms with E-state index >= 15 is 0 Å². The Kier molecular flexibility index (Phi) is 3.76. The normalized spacial score (nSPS) is 10.4. The van der Waals surface area contributed by atoms with Crippen molar-refractivity contribution in [3.8, 4) is 5.75 Å². The summed E-state index contributed by atoms with van der Waals surface area (Å²) in [5.74, 6) is -0.107. The van der Waals surface area contributed by atoms with Gasteiger partial charge in [0.1, 0.15) is 5.75 Å². The van der Waals surface area contributed by atoms with Gasteiger partial charge in [-0.1, -0.05) is 36.4 Å². The number of nitrogens with one attached hydrogen (secondary N) is 1. The zero-order chi connectivity index (χ0) is 12.8. The van der Waals surface area contributed by atoms with Crippen molar-refractivity contribution in [2.75, 3.05) is 5.32 Å². The van der Waals surface area contributed by atoms with Gasteiger partial charge >= 0.3 is 0 Å². The first-order valence-electron chi connectivity index (χ1n) is 5.57. The van der Waals surface area contributed by atoms with Crippen molar-refractivity contribution >= 4 is 17.7 Å². The van der Waals surface area contributed by atoms with Crippen LogP contribution in [-0.2, 0) is 4.79 Å². The number of anilines is 1. The Labute approximate surface area is 105 Å². The molecule has 0 aliphatic rings. The molecule has 0 saturated carbocycles. The number of phenols is 1. The molecule has 0 saturated heterocycles. The molecule has 0 unspecified atom stereocenters. The summed E-state index contributed by atoms with van der Waals surface area (Å²) in [5, 5.41) is 11.9. The number of carbonyl (C=O) groups is 1. The fraction of sp³-hybridized carbons (Fsp3) is 0. The van der Waals surface area contributed by atoms with E-state index in [1.807, 2.05) is 30.3 Å². The first-order chi connectivity index (χ1) is 8.74. The lowest BCUT2D eigenvalue weighted by Gasteiger charge is -2.02. The van der Waals surface area contributed by atoms with Crippen LogP contribution in [0.4, 0.5) is 5.69 Å². The molecule has 0 fully saturated rings. The summed E-state index contributed by atoms with van der Waals surface area (Å²) in [4.78, 5) is 11.6. The quantitative estimate of drug-likeness (QED) is 0.809. The number of hydrogen-bond acceptors (Lipinski definition) is 2. The maximum atomic E-state index is 11.6. The van der Waals surface area contributed by atoms with Crippen molar-refractivity contribution in [2.45, 2.75) is 0 Å². The minimum atomic E-state index is -0.232. The third-order valence-electron chi connectivity index (χ3n) is 2.34. The number of carbonyl (C=O) groups excluding carboxylic acids is 1. The number of aromatic hydroxyl groups is 1. The molecule has 0 aliphatic carbocycles. The Morgan fingerprint density at radius 2 is 1.83 bits per heavy atom. The average Bonchev–Trinajstić information content (AvgIpc) is 2.38. The number of phenolic OH excluding ortho intramolecular Hbond substituents is 1. The maximum absolute atomic E-state index is 11.6. The molecule has 2 aromatic rings. The molecule has 0 radical (unpaired) electrons. The molecule has 0 aliphatic heterocycles. The molecule has 0 bridgehead atoms. The lowest BCUT2D eigenvalue weighted by atomic mass is 10.2. The van der Waals surface area contributed by atoms with Crippen molar-refractivity contribution in [3.63, 3.8) is 0 Å². The Balaban J connectivity index is 1.99. The molecule has 0 atom stereocenters. The van der Waals surface area contributed by atoms with E-state index in [9.17, 15) is 9.90 Å². The van der Waals surface area contributed by atoms with Gasteiger partial charge < -0.3 is 10.4 Å². The summed E-state index contributed by atoms with van der Waals surface area (Å²) < 4.78 is 0. The van der Waals surface area contributed by atoms with Gasteiger partial charge in [0.15, 0.2) is 0 Å². The number of rotatable bonds is 3. The van der Waals surface area contributed by atoms with Gasteiger partial charge in [0, 0.05) is 17.8 Å². The first kappa shape index (κ1) is 11.9. The molecule has 0 heterocycles. The minimum Gasteiger partial charge on any atom is -0.508 e. The van der Waals surface area contributed by atoms with Crippen molar-refractivity contribution in [3.05, 3.63) is 66.2 Å². The van der Waals surface area contributed by atoms with Gasteiger partial charge in [0.05, 0.1) is 0 Å². The van der Waals surface area contributed by atoms with Gasteiger partial charge in [0.2, 0.25) is 5.91 Å². The maximum Gasteiger partial charge on any atom is 0.248 e. The van der Waals surface area contributed by atoms with Crippen LogP contribution in [0.3, 0.4) is 0 Å². The first-order valence-corrected chi connectivity index (χ1v) is 5.57. The fourth-order valence-electron chi connectivity index (χ4n) is 1.50. The third kappa shape index (κ3) is 3.49. The molecule has 0 spiro atoms. The largest absolute Gasteiger partial charge is 0.508 e. The summed E-state index contributed by atoms with van der Waals surface area (Å²) >= 11 is 0. The van der Waals surface area contributed by atoms with Crippen LogP contribution in [0, 0.1) is 0 Å². The predicted molar refractivity (Wildman–Crippen MR) is 72.2 cm³/mol. The van der Waals surface area contributed by atoms with E-state index in [0.717, 1.165) is 5.56 Å². The molecule has 18 heavy (non-hydrogen) atoms. The van der Waals surface area contributed by atoms with Crippen molar-refractivity contribution in [2.24, 2.45) is 0 Å². The second-order valence-corrected chi connectivity index (χ2v) is 3.78. The molecule has 3 nitrogen and oxygen atoms in total. The van der Waals surface area contributed by atoms with Gasteiger partial charge in [-0.3, -0.25) is 4.79 Å². The van der Waals surface area contributed by atoms with Gasteiger partial charge in [-0.15, -0.1) is 0 Å². The summed E-state index contributed by atoms with van der Waals surface area (Å²) in [7, 11) is 0. The number of benzene rings is 2. The second kappa shape index (κ2) is 5.68. The summed E-state index contributed by atoms with van der Waals surface area (Å²) in [6.45, 7) is 0.